The number of hydrogen-bond acceptors (Lipinski definition) is 0. The van der Waals surface area contributed by atoms with Crippen LogP contribution in [0.2, 0.25) is 13.1 Å². The van der Waals surface area contributed by atoms with Crippen LogP contribution in [0.5, 0.6) is 0 Å². The molecule has 0 saturated heterocycles. The summed E-state index contributed by atoms with van der Waals surface area (Å²) in [5.41, 5.74) is 11.6. The topological polar surface area (TPSA) is 0 Å². The molecule has 6 rings (SSSR count). The van der Waals surface area contributed by atoms with Gasteiger partial charge in [0, 0.05) is 0 Å². The third-order valence-corrected chi connectivity index (χ3v) is 8.53. The van der Waals surface area contributed by atoms with E-state index in [1.54, 1.807) is 23.3 Å². The molecule has 48 heavy (non-hydrogen) atoms. The van der Waals surface area contributed by atoms with E-state index in [1.165, 1.54) is 66.1 Å². The molecule has 0 aliphatic carbocycles. The van der Waals surface area contributed by atoms with Crippen molar-refractivity contribution in [3.63, 3.8) is 0 Å². The van der Waals surface area contributed by atoms with Gasteiger partial charge in [-0.15, -0.1) is 92.3 Å². The Morgan fingerprint density at radius 2 is 0.917 bits per heavy atom. The maximum atomic E-state index is 2.35. The van der Waals surface area contributed by atoms with E-state index in [-0.39, 0.29) is 41.1 Å². The minimum Gasteiger partial charge on any atom is -1.00 e. The summed E-state index contributed by atoms with van der Waals surface area (Å²) in [5.74, 6) is 0.532. The second kappa shape index (κ2) is 17.6. The third-order valence-electron chi connectivity index (χ3n) is 8.53. The molecule has 0 unspecified atom stereocenters. The zero-order valence-electron chi connectivity index (χ0n) is 30.7. The first-order valence-electron chi connectivity index (χ1n) is 16.6. The van der Waals surface area contributed by atoms with Crippen LogP contribution in [0.15, 0.2) is 109 Å². The fourth-order valence-corrected chi connectivity index (χ4v) is 6.05. The second-order valence-corrected chi connectivity index (χ2v) is 24.5. The van der Waals surface area contributed by atoms with E-state index in [1.807, 2.05) is 0 Å². The van der Waals surface area contributed by atoms with Crippen molar-refractivity contribution in [2.45, 2.75) is 92.2 Å². The molecule has 252 valence electrons. The van der Waals surface area contributed by atoms with E-state index in [4.69, 9.17) is 0 Å². The quantitative estimate of drug-likeness (QED) is 0.131. The monoisotopic (exact) mass is 768 g/mol. The van der Waals surface area contributed by atoms with E-state index < -0.39 is 0 Å². The molecule has 0 aliphatic heterocycles. The first-order valence-corrected chi connectivity index (χ1v) is 22.8. The molecule has 0 nitrogen and oxygen atoms in total. The zero-order chi connectivity index (χ0) is 33.8. The second-order valence-electron chi connectivity index (χ2n) is 15.2. The first kappa shape index (κ1) is 41.9. The molecule has 6 aromatic rings. The fourth-order valence-electron chi connectivity index (χ4n) is 6.05. The van der Waals surface area contributed by atoms with E-state index in [0.29, 0.717) is 5.92 Å². The third kappa shape index (κ3) is 10.4. The van der Waals surface area contributed by atoms with Gasteiger partial charge >= 0.3 is 41.9 Å². The van der Waals surface area contributed by atoms with Gasteiger partial charge in [0.05, 0.1) is 0 Å². The fraction of sp³-hybridized carbons (Fsp3) is 0.318. The maximum absolute atomic E-state index is 2.35. The Morgan fingerprint density at radius 1 is 0.562 bits per heavy atom. The van der Waals surface area contributed by atoms with Crippen molar-refractivity contribution in [2.24, 2.45) is 0 Å². The van der Waals surface area contributed by atoms with Crippen molar-refractivity contribution in [2.75, 3.05) is 0 Å². The zero-order valence-corrected chi connectivity index (χ0v) is 35.7. The van der Waals surface area contributed by atoms with E-state index >= 15 is 0 Å². The molecule has 0 aromatic heterocycles. The molecule has 0 aliphatic rings. The Labute approximate surface area is 318 Å². The van der Waals surface area contributed by atoms with Crippen LogP contribution in [0.4, 0.5) is 0 Å². The van der Waals surface area contributed by atoms with Crippen molar-refractivity contribution in [3.8, 4) is 22.3 Å². The summed E-state index contributed by atoms with van der Waals surface area (Å²) in [5, 5.41) is 5.41. The number of fused-ring (bicyclic) bond motifs is 2. The van der Waals surface area contributed by atoms with Crippen molar-refractivity contribution >= 4 is 27.0 Å². The van der Waals surface area contributed by atoms with E-state index in [9.17, 15) is 0 Å². The molecule has 4 heteroatoms. The smallest absolute Gasteiger partial charge is 0.0132 e. The molecule has 6 aromatic carbocycles. The minimum atomic E-state index is 0. The average Bonchev–Trinajstić information content (AvgIpc) is 3.54. The van der Waals surface area contributed by atoms with Gasteiger partial charge in [-0.2, -0.15) is 0 Å². The predicted octanol–water partition coefficient (Wildman–Crippen LogP) is 7.27. The minimum absolute atomic E-state index is 0. The maximum Gasteiger partial charge on any atom is -0.0132 e. The van der Waals surface area contributed by atoms with Crippen LogP contribution in [0.3, 0.4) is 0 Å². The first-order chi connectivity index (χ1) is 21.6. The van der Waals surface area contributed by atoms with Crippen molar-refractivity contribution in [1.82, 2.24) is 0 Å². The van der Waals surface area contributed by atoms with Crippen LogP contribution in [0, 0.1) is 6.92 Å². The van der Waals surface area contributed by atoms with Gasteiger partial charge in [0.2, 0.25) is 0 Å². The average molecular weight is 771 g/mol. The molecule has 0 fully saturated rings. The molecule has 0 N–H and O–H groups in total. The SMILES string of the molecule is CC(C)c1[cH-]c2ccccc2c1-c1ccc(C(C)(C)C)cc1.C[Si](C)=[Zr+2].Cc1[cH-]c2ccccc2c1-c1ccc(C(C)(C)C)cc1.[Cl-].[Cl-]. The van der Waals surface area contributed by atoms with Gasteiger partial charge in [-0.25, -0.2) is 0 Å². The summed E-state index contributed by atoms with van der Waals surface area (Å²) in [6.07, 6.45) is 0. The summed E-state index contributed by atoms with van der Waals surface area (Å²) in [7, 11) is 0. The van der Waals surface area contributed by atoms with E-state index in [0.717, 1.165) is 0 Å². The number of hydrogen-bond donors (Lipinski definition) is 0. The van der Waals surface area contributed by atoms with E-state index in [2.05, 4.69) is 185 Å². The van der Waals surface area contributed by atoms with Gasteiger partial charge in [0.1, 0.15) is 0 Å². The molecule has 0 bridgehead atoms. The summed E-state index contributed by atoms with van der Waals surface area (Å²) in [6, 6.07) is 40.2. The molecule has 0 spiro atoms. The van der Waals surface area contributed by atoms with Gasteiger partial charge in [0.25, 0.3) is 0 Å². The van der Waals surface area contributed by atoms with Crippen molar-refractivity contribution in [3.05, 3.63) is 131 Å². The molecule has 0 atom stereocenters. The molecular formula is C44H52Cl2SiZr-2. The Balaban J connectivity index is 0.000000290. The standard InChI is InChI=1S/C22H25.C20H21.C2H6Si.2ClH.Zr/c1-15(2)20-14-17-8-6-7-9-19(17)21(20)16-10-12-18(13-11-16)22(3,4)5;1-14-13-16-7-5-6-8-18(16)19(14)15-9-11-17(12-10-15)20(2,3)4;1-3-2;;;/h6-15H,1-5H3;5-13H,1-4H3;1-2H3;2*1H;/q2*-1;;;;+2/p-2. The van der Waals surface area contributed by atoms with Gasteiger partial charge in [-0.05, 0) is 27.9 Å². The predicted molar refractivity (Wildman–Crippen MR) is 204 cm³/mol. The van der Waals surface area contributed by atoms with Crippen molar-refractivity contribution < 1.29 is 48.1 Å². The Bertz CT molecular complexity index is 1900. The molecule has 0 amide bonds. The largest absolute Gasteiger partial charge is 1.00 e. The molecular weight excluding hydrogens is 719 g/mol. The van der Waals surface area contributed by atoms with Crippen molar-refractivity contribution in [1.29, 1.82) is 0 Å². The van der Waals surface area contributed by atoms with Crippen LogP contribution in [-0.2, 0) is 34.2 Å². The van der Waals surface area contributed by atoms with Crippen LogP contribution in [-0.4, -0.2) is 5.43 Å². The van der Waals surface area contributed by atoms with Gasteiger partial charge < -0.3 is 24.8 Å². The molecule has 0 radical (unpaired) electrons. The van der Waals surface area contributed by atoms with Crippen LogP contribution in [0.25, 0.3) is 43.8 Å². The Morgan fingerprint density at radius 3 is 1.31 bits per heavy atom. The van der Waals surface area contributed by atoms with Gasteiger partial charge in [0.15, 0.2) is 0 Å². The van der Waals surface area contributed by atoms with Gasteiger partial charge in [-0.3, -0.25) is 0 Å². The summed E-state index contributed by atoms with van der Waals surface area (Å²) >= 11 is 1.74. The molecule has 0 heterocycles. The Hall–Kier alpha value is -2.22. The summed E-state index contributed by atoms with van der Waals surface area (Å²) in [4.78, 5) is 0. The summed E-state index contributed by atoms with van der Waals surface area (Å²) in [6.45, 7) is 24.9. The van der Waals surface area contributed by atoms with Crippen LogP contribution >= 0.6 is 0 Å². The molecule has 0 saturated carbocycles. The summed E-state index contributed by atoms with van der Waals surface area (Å²) < 4.78 is 0. The van der Waals surface area contributed by atoms with Crippen LogP contribution < -0.4 is 24.8 Å². The van der Waals surface area contributed by atoms with Gasteiger partial charge in [-0.1, -0.05) is 134 Å². The number of halogens is 2. The normalized spacial score (nSPS) is 11.2. The van der Waals surface area contributed by atoms with Crippen LogP contribution in [0.1, 0.15) is 83.6 Å². The number of aryl methyl sites for hydroxylation is 1. The number of rotatable bonds is 3. The Kier molecular flexibility index (Phi) is 15.4. The number of benzene rings is 4.